The molecule has 0 aliphatic rings. The first-order valence-electron chi connectivity index (χ1n) is 4.24. The average molecular weight is 198 g/mol. The highest BCUT2D eigenvalue weighted by Crippen LogP contribution is 2.17. The summed E-state index contributed by atoms with van der Waals surface area (Å²) in [6.45, 7) is 6.61. The largest absolute Gasteiger partial charge is 0.478 e. The van der Waals surface area contributed by atoms with Crippen LogP contribution in [0.3, 0.4) is 0 Å². The van der Waals surface area contributed by atoms with Gasteiger partial charge in [-0.15, -0.1) is 0 Å². The number of aliphatic carboxylic acids is 2. The number of allylic oxidation sites excluding steroid dienone is 1. The molecule has 0 aromatic heterocycles. The molecule has 1 atom stereocenters. The predicted octanol–water partition coefficient (Wildman–Crippen LogP) is 1.68. The summed E-state index contributed by atoms with van der Waals surface area (Å²) in [7, 11) is 0. The van der Waals surface area contributed by atoms with E-state index in [0.717, 1.165) is 0 Å². The van der Waals surface area contributed by atoms with Gasteiger partial charge in [-0.3, -0.25) is 0 Å². The van der Waals surface area contributed by atoms with E-state index in [0.29, 0.717) is 6.42 Å². The molecule has 0 aromatic rings. The second-order valence-electron chi connectivity index (χ2n) is 3.00. The molecule has 0 amide bonds. The molecule has 4 nitrogen and oxygen atoms in total. The first-order valence-corrected chi connectivity index (χ1v) is 4.24. The van der Waals surface area contributed by atoms with Gasteiger partial charge in [0.25, 0.3) is 0 Å². The molecule has 0 radical (unpaired) electrons. The fourth-order valence-corrected chi connectivity index (χ4v) is 0.997. The van der Waals surface area contributed by atoms with E-state index in [2.05, 4.69) is 6.58 Å². The minimum atomic E-state index is -1.09. The molecule has 78 valence electrons. The fourth-order valence-electron chi connectivity index (χ4n) is 0.997. The van der Waals surface area contributed by atoms with Gasteiger partial charge >= 0.3 is 11.9 Å². The van der Waals surface area contributed by atoms with Crippen LogP contribution >= 0.6 is 0 Å². The topological polar surface area (TPSA) is 74.6 Å². The third kappa shape index (κ3) is 3.43. The zero-order chi connectivity index (χ0) is 11.3. The van der Waals surface area contributed by atoms with Crippen LogP contribution in [0.1, 0.15) is 20.3 Å². The highest BCUT2D eigenvalue weighted by molar-refractivity contribution is 5.89. The molecular formula is C10H14O4. The molecular weight excluding hydrogens is 184 g/mol. The molecule has 0 fully saturated rings. The zero-order valence-corrected chi connectivity index (χ0v) is 8.28. The van der Waals surface area contributed by atoms with Crippen molar-refractivity contribution in [2.75, 3.05) is 0 Å². The molecule has 0 bridgehead atoms. The van der Waals surface area contributed by atoms with Crippen molar-refractivity contribution >= 4 is 11.9 Å². The Labute approximate surface area is 82.6 Å². The summed E-state index contributed by atoms with van der Waals surface area (Å²) < 4.78 is 0. The van der Waals surface area contributed by atoms with Crippen molar-refractivity contribution in [3.05, 3.63) is 23.8 Å². The van der Waals surface area contributed by atoms with Crippen molar-refractivity contribution < 1.29 is 19.8 Å². The monoisotopic (exact) mass is 198 g/mol. The van der Waals surface area contributed by atoms with Crippen molar-refractivity contribution in [1.82, 2.24) is 0 Å². The first-order chi connectivity index (χ1) is 6.40. The molecule has 0 saturated carbocycles. The van der Waals surface area contributed by atoms with Crippen molar-refractivity contribution in [2.45, 2.75) is 20.3 Å². The van der Waals surface area contributed by atoms with E-state index >= 15 is 0 Å². The van der Waals surface area contributed by atoms with Gasteiger partial charge in [0.05, 0.1) is 0 Å². The maximum Gasteiger partial charge on any atom is 0.331 e. The number of hydrogen-bond acceptors (Lipinski definition) is 2. The summed E-state index contributed by atoms with van der Waals surface area (Å²) in [6, 6.07) is 0. The summed E-state index contributed by atoms with van der Waals surface area (Å²) >= 11 is 0. The molecule has 0 aliphatic heterocycles. The van der Waals surface area contributed by atoms with Crippen LogP contribution < -0.4 is 0 Å². The molecule has 1 unspecified atom stereocenters. The van der Waals surface area contributed by atoms with Crippen LogP contribution in [0.5, 0.6) is 0 Å². The number of carbonyl (C=O) groups is 2. The molecule has 0 rings (SSSR count). The van der Waals surface area contributed by atoms with Gasteiger partial charge in [0.15, 0.2) is 0 Å². The number of carboxylic acid groups (broad SMARTS) is 2. The predicted molar refractivity (Wildman–Crippen MR) is 51.9 cm³/mol. The average Bonchev–Trinajstić information content (AvgIpc) is 2.12. The van der Waals surface area contributed by atoms with Crippen LogP contribution in [0.4, 0.5) is 0 Å². The van der Waals surface area contributed by atoms with Crippen molar-refractivity contribution in [2.24, 2.45) is 5.92 Å². The molecule has 14 heavy (non-hydrogen) atoms. The van der Waals surface area contributed by atoms with Crippen molar-refractivity contribution in [3.63, 3.8) is 0 Å². The highest BCUT2D eigenvalue weighted by atomic mass is 16.4. The van der Waals surface area contributed by atoms with Crippen LogP contribution in [0.25, 0.3) is 0 Å². The Hall–Kier alpha value is -1.58. The standard InChI is InChI=1S/C10H14O4/c1-4-8(7(3)10(13)14)5-6(2)9(11)12/h5,8H,3-4H2,1-2H3,(H,11,12)(H,13,14). The smallest absolute Gasteiger partial charge is 0.331 e. The normalized spacial score (nSPS) is 13.4. The fraction of sp³-hybridized carbons (Fsp3) is 0.400. The minimum absolute atomic E-state index is 0.0214. The second kappa shape index (κ2) is 5.21. The van der Waals surface area contributed by atoms with Crippen LogP contribution in [0.15, 0.2) is 23.8 Å². The minimum Gasteiger partial charge on any atom is -0.478 e. The van der Waals surface area contributed by atoms with Crippen LogP contribution in [-0.2, 0) is 9.59 Å². The van der Waals surface area contributed by atoms with E-state index < -0.39 is 17.9 Å². The van der Waals surface area contributed by atoms with Gasteiger partial charge in [0.2, 0.25) is 0 Å². The van der Waals surface area contributed by atoms with Gasteiger partial charge in [-0.2, -0.15) is 0 Å². The third-order valence-electron chi connectivity index (χ3n) is 1.95. The van der Waals surface area contributed by atoms with Crippen LogP contribution in [0.2, 0.25) is 0 Å². The second-order valence-corrected chi connectivity index (χ2v) is 3.00. The Kier molecular flexibility index (Phi) is 4.63. The number of rotatable bonds is 5. The molecule has 2 N–H and O–H groups in total. The van der Waals surface area contributed by atoms with E-state index in [-0.39, 0.29) is 11.1 Å². The van der Waals surface area contributed by atoms with E-state index in [1.807, 2.05) is 0 Å². The summed E-state index contributed by atoms with van der Waals surface area (Å²) in [5.41, 5.74) is 0.160. The Balaban J connectivity index is 4.76. The third-order valence-corrected chi connectivity index (χ3v) is 1.95. The summed E-state index contributed by atoms with van der Waals surface area (Å²) in [6.07, 6.45) is 1.94. The van der Waals surface area contributed by atoms with Gasteiger partial charge in [-0.05, 0) is 13.3 Å². The highest BCUT2D eigenvalue weighted by Gasteiger charge is 2.15. The lowest BCUT2D eigenvalue weighted by atomic mass is 9.95. The Morgan fingerprint density at radius 3 is 2.14 bits per heavy atom. The molecule has 0 aromatic carbocycles. The lowest BCUT2D eigenvalue weighted by Crippen LogP contribution is -2.10. The van der Waals surface area contributed by atoms with Crippen LogP contribution in [0, 0.1) is 5.92 Å². The number of carboxylic acids is 2. The van der Waals surface area contributed by atoms with E-state index in [1.54, 1.807) is 6.92 Å². The Bertz CT molecular complexity index is 288. The van der Waals surface area contributed by atoms with E-state index in [4.69, 9.17) is 10.2 Å². The summed E-state index contributed by atoms with van der Waals surface area (Å²) in [5.74, 6) is -2.54. The lowest BCUT2D eigenvalue weighted by Gasteiger charge is -2.10. The van der Waals surface area contributed by atoms with Gasteiger partial charge in [-0.1, -0.05) is 19.6 Å². The van der Waals surface area contributed by atoms with E-state index in [9.17, 15) is 9.59 Å². The van der Waals surface area contributed by atoms with Crippen molar-refractivity contribution in [1.29, 1.82) is 0 Å². The van der Waals surface area contributed by atoms with Crippen LogP contribution in [-0.4, -0.2) is 22.2 Å². The van der Waals surface area contributed by atoms with Gasteiger partial charge in [0, 0.05) is 17.1 Å². The molecule has 0 saturated heterocycles. The summed E-state index contributed by atoms with van der Waals surface area (Å²) in [5, 5.41) is 17.3. The number of hydrogen-bond donors (Lipinski definition) is 2. The Morgan fingerprint density at radius 1 is 1.36 bits per heavy atom. The quantitative estimate of drug-likeness (QED) is 0.659. The van der Waals surface area contributed by atoms with E-state index in [1.165, 1.54) is 13.0 Å². The lowest BCUT2D eigenvalue weighted by molar-refractivity contribution is -0.134. The SMILES string of the molecule is C=C(C(=O)O)C(C=C(C)C(=O)O)CC. The molecule has 4 heteroatoms. The maximum absolute atomic E-state index is 10.6. The zero-order valence-electron chi connectivity index (χ0n) is 8.28. The first kappa shape index (κ1) is 12.4. The van der Waals surface area contributed by atoms with Crippen molar-refractivity contribution in [3.8, 4) is 0 Å². The maximum atomic E-state index is 10.6. The Morgan fingerprint density at radius 2 is 1.86 bits per heavy atom. The molecule has 0 aliphatic carbocycles. The van der Waals surface area contributed by atoms with Gasteiger partial charge < -0.3 is 10.2 Å². The summed E-state index contributed by atoms with van der Waals surface area (Å²) in [4.78, 5) is 21.1. The van der Waals surface area contributed by atoms with Gasteiger partial charge in [0.1, 0.15) is 0 Å². The van der Waals surface area contributed by atoms with Gasteiger partial charge in [-0.25, -0.2) is 9.59 Å². The molecule has 0 spiro atoms. The molecule has 0 heterocycles.